The Hall–Kier alpha value is -1.93. The van der Waals surface area contributed by atoms with Gasteiger partial charge in [0.25, 0.3) is 0 Å². The summed E-state index contributed by atoms with van der Waals surface area (Å²) >= 11 is 3.31. The van der Waals surface area contributed by atoms with Crippen LogP contribution in [0.2, 0.25) is 0 Å². The normalized spacial score (nSPS) is 17.9. The Balaban J connectivity index is 1.97. The molecule has 0 saturated carbocycles. The summed E-state index contributed by atoms with van der Waals surface area (Å²) in [5, 5.41) is 5.60. The summed E-state index contributed by atoms with van der Waals surface area (Å²) in [5.41, 5.74) is -0.139. The molecule has 0 aliphatic carbocycles. The molecule has 0 aromatic heterocycles. The monoisotopic (exact) mass is 425 g/mol. The van der Waals surface area contributed by atoms with E-state index < -0.39 is 17.7 Å². The average Bonchev–Trinajstić information content (AvgIpc) is 2.93. The molecule has 1 N–H and O–H groups in total. The molecule has 1 aliphatic heterocycles. The molecule has 1 aliphatic rings. The van der Waals surface area contributed by atoms with Crippen LogP contribution in [0.25, 0.3) is 0 Å². The lowest BCUT2D eigenvalue weighted by Crippen LogP contribution is -2.52. The second-order valence-corrected chi connectivity index (χ2v) is 8.07. The van der Waals surface area contributed by atoms with Gasteiger partial charge < -0.3 is 10.1 Å². The Labute approximate surface area is 161 Å². The molecule has 0 radical (unpaired) electrons. The fraction of sp³-hybridized carbons (Fsp3) is 0.500. The van der Waals surface area contributed by atoms with Crippen molar-refractivity contribution in [1.82, 2.24) is 15.3 Å². The maximum absolute atomic E-state index is 12.5. The number of nitrogens with one attached hydrogen (secondary N) is 1. The van der Waals surface area contributed by atoms with Crippen molar-refractivity contribution in [1.29, 1.82) is 0 Å². The van der Waals surface area contributed by atoms with Crippen LogP contribution >= 0.6 is 15.9 Å². The van der Waals surface area contributed by atoms with Gasteiger partial charge in [0.1, 0.15) is 11.6 Å². The van der Waals surface area contributed by atoms with Crippen molar-refractivity contribution in [3.8, 4) is 0 Å². The van der Waals surface area contributed by atoms with E-state index >= 15 is 0 Å². The fourth-order valence-electron chi connectivity index (χ4n) is 2.62. The Morgan fingerprint density at radius 2 is 1.85 bits per heavy atom. The molecule has 0 bridgehead atoms. The van der Waals surface area contributed by atoms with Gasteiger partial charge in [0, 0.05) is 23.6 Å². The van der Waals surface area contributed by atoms with Crippen LogP contribution in [-0.4, -0.2) is 59.6 Å². The topological polar surface area (TPSA) is 79.0 Å². The predicted octanol–water partition coefficient (Wildman–Crippen LogP) is 2.60. The van der Waals surface area contributed by atoms with Gasteiger partial charge in [-0.05, 0) is 39.3 Å². The van der Waals surface area contributed by atoms with E-state index in [1.54, 1.807) is 57.1 Å². The van der Waals surface area contributed by atoms with E-state index in [0.717, 1.165) is 4.47 Å². The van der Waals surface area contributed by atoms with Crippen LogP contribution in [0, 0.1) is 0 Å². The maximum Gasteiger partial charge on any atom is 0.425 e. The molecule has 1 atom stereocenters. The van der Waals surface area contributed by atoms with Crippen LogP contribution in [0.3, 0.4) is 0 Å². The van der Waals surface area contributed by atoms with Crippen molar-refractivity contribution in [3.05, 3.63) is 34.3 Å². The Kier molecular flexibility index (Phi) is 6.41. The molecule has 0 spiro atoms. The maximum atomic E-state index is 12.5. The number of benzene rings is 1. The third kappa shape index (κ3) is 5.28. The van der Waals surface area contributed by atoms with Crippen LogP contribution in [0.1, 0.15) is 37.6 Å². The number of amides is 2. The molecule has 1 aromatic rings. The predicted molar refractivity (Wildman–Crippen MR) is 101 cm³/mol. The summed E-state index contributed by atoms with van der Waals surface area (Å²) in [6.07, 6.45) is -0.0921. The highest BCUT2D eigenvalue weighted by Gasteiger charge is 2.40. The lowest BCUT2D eigenvalue weighted by Gasteiger charge is -2.31. The molecule has 0 unspecified atom stereocenters. The van der Waals surface area contributed by atoms with Gasteiger partial charge in [-0.2, -0.15) is 0 Å². The molecular weight excluding hydrogens is 402 g/mol. The van der Waals surface area contributed by atoms with Crippen LogP contribution in [0.4, 0.5) is 4.79 Å². The van der Waals surface area contributed by atoms with E-state index in [4.69, 9.17) is 4.74 Å². The highest BCUT2D eigenvalue weighted by Crippen LogP contribution is 2.21. The summed E-state index contributed by atoms with van der Waals surface area (Å²) in [6, 6.07) is 6.23. The minimum atomic E-state index is -0.687. The lowest BCUT2D eigenvalue weighted by molar-refractivity contribution is -0.128. The second-order valence-electron chi connectivity index (χ2n) is 7.16. The zero-order valence-corrected chi connectivity index (χ0v) is 17.0. The molecule has 2 amide bonds. The summed E-state index contributed by atoms with van der Waals surface area (Å²) in [6.45, 7) is 5.74. The van der Waals surface area contributed by atoms with Gasteiger partial charge in [-0.15, -0.1) is 0 Å². The first-order chi connectivity index (χ1) is 12.1. The van der Waals surface area contributed by atoms with Gasteiger partial charge >= 0.3 is 6.09 Å². The summed E-state index contributed by atoms with van der Waals surface area (Å²) in [5.74, 6) is -0.563. The molecule has 1 saturated heterocycles. The number of Topliss-reactive ketones (excluding diaryl/α,β-unsaturated/α-hetero) is 1. The van der Waals surface area contributed by atoms with Crippen LogP contribution in [0.5, 0.6) is 0 Å². The van der Waals surface area contributed by atoms with Gasteiger partial charge in [-0.1, -0.05) is 28.1 Å². The third-order valence-corrected chi connectivity index (χ3v) is 4.39. The number of halogens is 1. The largest absolute Gasteiger partial charge is 0.443 e. The highest BCUT2D eigenvalue weighted by molar-refractivity contribution is 9.10. The number of hydrogen-bond acceptors (Lipinski definition) is 5. The van der Waals surface area contributed by atoms with Crippen molar-refractivity contribution < 1.29 is 19.1 Å². The third-order valence-electron chi connectivity index (χ3n) is 3.86. The molecule has 8 heteroatoms. The van der Waals surface area contributed by atoms with Crippen LogP contribution < -0.4 is 5.32 Å². The van der Waals surface area contributed by atoms with E-state index in [1.807, 2.05) is 0 Å². The average molecular weight is 426 g/mol. The minimum Gasteiger partial charge on any atom is -0.443 e. The molecular formula is C18H24BrN3O4. The number of ketones is 1. The van der Waals surface area contributed by atoms with Crippen molar-refractivity contribution in [2.75, 3.05) is 20.1 Å². The van der Waals surface area contributed by atoms with Crippen LogP contribution in [0.15, 0.2) is 28.7 Å². The number of hydrazine groups is 1. The zero-order valence-electron chi connectivity index (χ0n) is 15.4. The summed E-state index contributed by atoms with van der Waals surface area (Å²) < 4.78 is 6.25. The van der Waals surface area contributed by atoms with Crippen molar-refractivity contribution >= 4 is 33.7 Å². The van der Waals surface area contributed by atoms with Crippen molar-refractivity contribution in [3.63, 3.8) is 0 Å². The first kappa shape index (κ1) is 20.4. The van der Waals surface area contributed by atoms with E-state index in [1.165, 1.54) is 5.01 Å². The Bertz CT molecular complexity index is 685. The zero-order chi connectivity index (χ0) is 19.5. The first-order valence-corrected chi connectivity index (χ1v) is 9.17. The fourth-order valence-corrected chi connectivity index (χ4v) is 2.88. The van der Waals surface area contributed by atoms with E-state index in [9.17, 15) is 14.4 Å². The van der Waals surface area contributed by atoms with E-state index in [-0.39, 0.29) is 18.2 Å². The number of carbonyl (C=O) groups excluding carboxylic acids is 3. The molecule has 1 fully saturated rings. The van der Waals surface area contributed by atoms with Gasteiger partial charge in [-0.25, -0.2) is 14.8 Å². The van der Waals surface area contributed by atoms with Gasteiger partial charge in [-0.3, -0.25) is 9.59 Å². The Morgan fingerprint density at radius 1 is 1.23 bits per heavy atom. The summed E-state index contributed by atoms with van der Waals surface area (Å²) in [4.78, 5) is 37.1. The quantitative estimate of drug-likeness (QED) is 0.749. The van der Waals surface area contributed by atoms with Gasteiger partial charge in [0.05, 0.1) is 6.54 Å². The molecule has 2 rings (SSSR count). The molecule has 1 heterocycles. The second kappa shape index (κ2) is 8.18. The smallest absolute Gasteiger partial charge is 0.425 e. The van der Waals surface area contributed by atoms with E-state index in [2.05, 4.69) is 21.2 Å². The minimum absolute atomic E-state index is 0.122. The number of carbonyl (C=O) groups is 3. The number of nitrogens with zero attached hydrogens (tertiary/aromatic N) is 2. The number of rotatable bonds is 4. The number of ether oxygens (including phenoxy) is 1. The van der Waals surface area contributed by atoms with Gasteiger partial charge in [0.15, 0.2) is 5.78 Å². The standard InChI is InChI=1S/C18H24BrN3O4/c1-18(2,3)26-17(25)22-14(9-10-21(22)4)16(24)20-11-15(23)12-5-7-13(19)8-6-12/h5-8,14H,9-11H2,1-4H3,(H,20,24)/t14-/m0/s1. The molecule has 26 heavy (non-hydrogen) atoms. The summed E-state index contributed by atoms with van der Waals surface area (Å²) in [7, 11) is 1.73. The molecule has 142 valence electrons. The molecule has 1 aromatic carbocycles. The first-order valence-electron chi connectivity index (χ1n) is 8.38. The molecule has 7 nitrogen and oxygen atoms in total. The van der Waals surface area contributed by atoms with Crippen molar-refractivity contribution in [2.24, 2.45) is 0 Å². The lowest BCUT2D eigenvalue weighted by atomic mass is 10.1. The van der Waals surface area contributed by atoms with Gasteiger partial charge in [0.2, 0.25) is 5.91 Å². The van der Waals surface area contributed by atoms with E-state index in [0.29, 0.717) is 18.5 Å². The van der Waals surface area contributed by atoms with Crippen molar-refractivity contribution in [2.45, 2.75) is 38.8 Å². The SMILES string of the molecule is CN1CC[C@@H](C(=O)NCC(=O)c2ccc(Br)cc2)N1C(=O)OC(C)(C)C. The Morgan fingerprint density at radius 3 is 2.42 bits per heavy atom. The number of hydrogen-bond donors (Lipinski definition) is 1. The van der Waals surface area contributed by atoms with Crippen LogP contribution in [-0.2, 0) is 9.53 Å². The highest BCUT2D eigenvalue weighted by atomic mass is 79.9.